The summed E-state index contributed by atoms with van der Waals surface area (Å²) in [5.41, 5.74) is 1.28. The van der Waals surface area contributed by atoms with E-state index in [2.05, 4.69) is 35.3 Å². The maximum Gasteiger partial charge on any atom is 0.122 e. The van der Waals surface area contributed by atoms with E-state index in [1.807, 2.05) is 7.05 Å². The molecule has 1 aliphatic rings. The van der Waals surface area contributed by atoms with Crippen LogP contribution in [0.25, 0.3) is 0 Å². The second-order valence-electron chi connectivity index (χ2n) is 5.39. The Hall–Kier alpha value is -0.840. The quantitative estimate of drug-likeness (QED) is 0.860. The molecule has 1 aliphatic heterocycles. The van der Waals surface area contributed by atoms with E-state index in [0.717, 1.165) is 25.4 Å². The lowest BCUT2D eigenvalue weighted by atomic mass is 10.0. The number of rotatable bonds is 5. The molecule has 0 amide bonds. The first-order valence-corrected chi connectivity index (χ1v) is 6.79. The first kappa shape index (κ1) is 13.6. The van der Waals surface area contributed by atoms with Crippen molar-refractivity contribution < 1.29 is 4.42 Å². The Kier molecular flexibility index (Phi) is 4.80. The van der Waals surface area contributed by atoms with Crippen LogP contribution in [-0.2, 0) is 13.1 Å². The van der Waals surface area contributed by atoms with Gasteiger partial charge in [-0.2, -0.15) is 0 Å². The summed E-state index contributed by atoms with van der Waals surface area (Å²) >= 11 is 0. The third kappa shape index (κ3) is 3.34. The molecule has 4 heteroatoms. The van der Waals surface area contributed by atoms with E-state index in [1.165, 1.54) is 24.9 Å². The van der Waals surface area contributed by atoms with Gasteiger partial charge >= 0.3 is 0 Å². The molecular weight excluding hydrogens is 226 g/mol. The van der Waals surface area contributed by atoms with Gasteiger partial charge in [0, 0.05) is 24.7 Å². The van der Waals surface area contributed by atoms with Gasteiger partial charge in [-0.25, -0.2) is 0 Å². The standard InChI is InChI=1S/C14H25N3O/c1-15-9-12-6-8-18-14(12)11-17-7-4-5-13(10-17)16(2)3/h6,8,13,15H,4-5,7,9-11H2,1-3H3. The molecule has 1 atom stereocenters. The van der Waals surface area contributed by atoms with E-state index in [1.54, 1.807) is 6.26 Å². The third-order valence-electron chi connectivity index (χ3n) is 3.78. The van der Waals surface area contributed by atoms with Crippen molar-refractivity contribution in [2.75, 3.05) is 34.2 Å². The molecule has 0 spiro atoms. The summed E-state index contributed by atoms with van der Waals surface area (Å²) in [6.07, 6.45) is 4.39. The Balaban J connectivity index is 1.94. The zero-order chi connectivity index (χ0) is 13.0. The van der Waals surface area contributed by atoms with E-state index in [9.17, 15) is 0 Å². The topological polar surface area (TPSA) is 31.7 Å². The number of likely N-dealkylation sites (N-methyl/N-ethyl adjacent to an activating group) is 1. The summed E-state index contributed by atoms with van der Waals surface area (Å²) in [7, 11) is 6.32. The lowest BCUT2D eigenvalue weighted by Crippen LogP contribution is -2.44. The van der Waals surface area contributed by atoms with Gasteiger partial charge in [-0.05, 0) is 46.6 Å². The van der Waals surface area contributed by atoms with Crippen LogP contribution in [0.5, 0.6) is 0 Å². The molecule has 0 aromatic carbocycles. The lowest BCUT2D eigenvalue weighted by Gasteiger charge is -2.35. The first-order chi connectivity index (χ1) is 8.70. The van der Waals surface area contributed by atoms with Crippen molar-refractivity contribution >= 4 is 0 Å². The van der Waals surface area contributed by atoms with Crippen LogP contribution in [0.1, 0.15) is 24.2 Å². The Morgan fingerprint density at radius 3 is 3.06 bits per heavy atom. The normalized spacial score (nSPS) is 21.7. The predicted octanol–water partition coefficient (Wildman–Crippen LogP) is 1.52. The zero-order valence-electron chi connectivity index (χ0n) is 11.8. The summed E-state index contributed by atoms with van der Waals surface area (Å²) in [5.74, 6) is 1.11. The fourth-order valence-electron chi connectivity index (χ4n) is 2.65. The maximum absolute atomic E-state index is 5.62. The van der Waals surface area contributed by atoms with Gasteiger partial charge in [0.25, 0.3) is 0 Å². The van der Waals surface area contributed by atoms with Crippen molar-refractivity contribution in [1.29, 1.82) is 0 Å². The van der Waals surface area contributed by atoms with E-state index in [-0.39, 0.29) is 0 Å². The molecule has 4 nitrogen and oxygen atoms in total. The smallest absolute Gasteiger partial charge is 0.122 e. The molecule has 1 fully saturated rings. The molecular formula is C14H25N3O. The van der Waals surface area contributed by atoms with Gasteiger partial charge in [-0.1, -0.05) is 0 Å². The monoisotopic (exact) mass is 251 g/mol. The molecule has 18 heavy (non-hydrogen) atoms. The van der Waals surface area contributed by atoms with Crippen LogP contribution in [0.15, 0.2) is 16.7 Å². The molecule has 2 rings (SSSR count). The molecule has 102 valence electrons. The highest BCUT2D eigenvalue weighted by molar-refractivity contribution is 5.16. The van der Waals surface area contributed by atoms with Crippen molar-refractivity contribution in [3.05, 3.63) is 23.7 Å². The van der Waals surface area contributed by atoms with Gasteiger partial charge in [-0.15, -0.1) is 0 Å². The lowest BCUT2D eigenvalue weighted by molar-refractivity contribution is 0.121. The van der Waals surface area contributed by atoms with E-state index in [4.69, 9.17) is 4.42 Å². The Morgan fingerprint density at radius 2 is 2.33 bits per heavy atom. The minimum absolute atomic E-state index is 0.682. The van der Waals surface area contributed by atoms with Gasteiger partial charge in [0.05, 0.1) is 12.8 Å². The van der Waals surface area contributed by atoms with Crippen LogP contribution < -0.4 is 5.32 Å². The number of likely N-dealkylation sites (tertiary alicyclic amines) is 1. The molecule has 1 unspecified atom stereocenters. The molecule has 1 N–H and O–H groups in total. The average molecular weight is 251 g/mol. The minimum Gasteiger partial charge on any atom is -0.468 e. The molecule has 1 aromatic heterocycles. The number of furan rings is 1. The van der Waals surface area contributed by atoms with Gasteiger partial charge in [0.1, 0.15) is 5.76 Å². The van der Waals surface area contributed by atoms with E-state index < -0.39 is 0 Å². The molecule has 1 aromatic rings. The van der Waals surface area contributed by atoms with Crippen LogP contribution in [0.2, 0.25) is 0 Å². The van der Waals surface area contributed by atoms with Crippen LogP contribution in [-0.4, -0.2) is 50.1 Å². The number of piperidine rings is 1. The predicted molar refractivity (Wildman–Crippen MR) is 73.5 cm³/mol. The number of nitrogens with one attached hydrogen (secondary N) is 1. The van der Waals surface area contributed by atoms with E-state index in [0.29, 0.717) is 6.04 Å². The van der Waals surface area contributed by atoms with Gasteiger partial charge in [-0.3, -0.25) is 4.90 Å². The summed E-state index contributed by atoms with van der Waals surface area (Å²) in [5, 5.41) is 3.19. The van der Waals surface area contributed by atoms with Crippen LogP contribution in [0, 0.1) is 0 Å². The number of hydrogen-bond acceptors (Lipinski definition) is 4. The summed E-state index contributed by atoms with van der Waals surface area (Å²) < 4.78 is 5.62. The SMILES string of the molecule is CNCc1ccoc1CN1CCCC(N(C)C)C1. The second kappa shape index (κ2) is 6.36. The van der Waals surface area contributed by atoms with Crippen LogP contribution >= 0.6 is 0 Å². The molecule has 0 bridgehead atoms. The summed E-state index contributed by atoms with van der Waals surface area (Å²) in [4.78, 5) is 4.84. The van der Waals surface area contributed by atoms with Crippen molar-refractivity contribution in [2.45, 2.75) is 32.0 Å². The molecule has 0 aliphatic carbocycles. The number of hydrogen-bond donors (Lipinski definition) is 1. The third-order valence-corrected chi connectivity index (χ3v) is 3.78. The van der Waals surface area contributed by atoms with Crippen LogP contribution in [0.3, 0.4) is 0 Å². The van der Waals surface area contributed by atoms with Crippen molar-refractivity contribution in [3.63, 3.8) is 0 Å². The fourth-order valence-corrected chi connectivity index (χ4v) is 2.65. The number of nitrogens with zero attached hydrogens (tertiary/aromatic N) is 2. The zero-order valence-corrected chi connectivity index (χ0v) is 11.8. The Morgan fingerprint density at radius 1 is 1.50 bits per heavy atom. The van der Waals surface area contributed by atoms with Crippen molar-refractivity contribution in [2.24, 2.45) is 0 Å². The highest BCUT2D eigenvalue weighted by Gasteiger charge is 2.22. The van der Waals surface area contributed by atoms with Crippen molar-refractivity contribution in [1.82, 2.24) is 15.1 Å². The van der Waals surface area contributed by atoms with Gasteiger partial charge in [0.2, 0.25) is 0 Å². The summed E-state index contributed by atoms with van der Waals surface area (Å²) in [6, 6.07) is 2.75. The Bertz CT molecular complexity index is 362. The largest absolute Gasteiger partial charge is 0.468 e. The summed E-state index contributed by atoms with van der Waals surface area (Å²) in [6.45, 7) is 4.15. The van der Waals surface area contributed by atoms with Gasteiger partial charge < -0.3 is 14.6 Å². The fraction of sp³-hybridized carbons (Fsp3) is 0.714. The highest BCUT2D eigenvalue weighted by Crippen LogP contribution is 2.19. The minimum atomic E-state index is 0.682. The van der Waals surface area contributed by atoms with E-state index >= 15 is 0 Å². The first-order valence-electron chi connectivity index (χ1n) is 6.79. The van der Waals surface area contributed by atoms with Crippen molar-refractivity contribution in [3.8, 4) is 0 Å². The Labute approximate surface area is 110 Å². The van der Waals surface area contributed by atoms with Crippen LogP contribution in [0.4, 0.5) is 0 Å². The second-order valence-corrected chi connectivity index (χ2v) is 5.39. The molecule has 0 radical (unpaired) electrons. The molecule has 1 saturated heterocycles. The molecule has 0 saturated carbocycles. The highest BCUT2D eigenvalue weighted by atomic mass is 16.3. The maximum atomic E-state index is 5.62. The van der Waals surface area contributed by atoms with Gasteiger partial charge in [0.15, 0.2) is 0 Å². The average Bonchev–Trinajstić information content (AvgIpc) is 2.77. The molecule has 2 heterocycles.